The number of piperidine rings is 1. The molecule has 2 fully saturated rings. The van der Waals surface area contributed by atoms with Crippen LogP contribution in [0.25, 0.3) is 0 Å². The van der Waals surface area contributed by atoms with Crippen molar-refractivity contribution in [1.29, 1.82) is 0 Å². The maximum Gasteiger partial charge on any atom is 0.227 e. The summed E-state index contributed by atoms with van der Waals surface area (Å²) in [5.41, 5.74) is 3.55. The summed E-state index contributed by atoms with van der Waals surface area (Å²) in [6.07, 6.45) is 9.29. The topological polar surface area (TPSA) is 48.5 Å². The third-order valence-corrected chi connectivity index (χ3v) is 6.25. The third kappa shape index (κ3) is 5.87. The van der Waals surface area contributed by atoms with Crippen LogP contribution in [0.1, 0.15) is 36.8 Å². The Bertz CT molecular complexity index is 763. The molecule has 0 spiro atoms. The number of anilines is 1. The van der Waals surface area contributed by atoms with Gasteiger partial charge in [-0.25, -0.2) is 0 Å². The van der Waals surface area contributed by atoms with Crippen molar-refractivity contribution >= 4 is 11.6 Å². The lowest BCUT2D eigenvalue weighted by atomic mass is 9.95. The molecule has 0 atom stereocenters. The fraction of sp³-hybridized carbons (Fsp3) is 0.500. The van der Waals surface area contributed by atoms with Crippen molar-refractivity contribution in [2.24, 2.45) is 5.92 Å². The number of amides is 1. The molecule has 1 N–H and O–H groups in total. The number of pyridine rings is 1. The zero-order valence-electron chi connectivity index (χ0n) is 17.2. The van der Waals surface area contributed by atoms with Crippen molar-refractivity contribution in [3.05, 3.63) is 59.9 Å². The smallest absolute Gasteiger partial charge is 0.227 e. The fourth-order valence-electron chi connectivity index (χ4n) is 4.39. The first-order valence-electron chi connectivity index (χ1n) is 11.0. The molecule has 0 saturated carbocycles. The molecule has 0 radical (unpaired) electrons. The number of hydrogen-bond acceptors (Lipinski definition) is 4. The predicted molar refractivity (Wildman–Crippen MR) is 117 cm³/mol. The Morgan fingerprint density at radius 1 is 0.897 bits per heavy atom. The Kier molecular flexibility index (Phi) is 6.91. The summed E-state index contributed by atoms with van der Waals surface area (Å²) < 4.78 is 0. The summed E-state index contributed by atoms with van der Waals surface area (Å²) in [6.45, 7) is 6.51. The van der Waals surface area contributed by atoms with Crippen molar-refractivity contribution in [1.82, 2.24) is 14.8 Å². The molecule has 5 nitrogen and oxygen atoms in total. The average molecular weight is 393 g/mol. The largest absolute Gasteiger partial charge is 0.326 e. The van der Waals surface area contributed by atoms with Crippen LogP contribution in [0.5, 0.6) is 0 Å². The van der Waals surface area contributed by atoms with Crippen LogP contribution in [0.15, 0.2) is 48.8 Å². The molecule has 1 aromatic carbocycles. The van der Waals surface area contributed by atoms with Gasteiger partial charge in [-0.2, -0.15) is 0 Å². The van der Waals surface area contributed by atoms with Crippen LogP contribution >= 0.6 is 0 Å². The average Bonchev–Trinajstić information content (AvgIpc) is 3.28. The lowest BCUT2D eigenvalue weighted by molar-refractivity contribution is -0.121. The third-order valence-electron chi connectivity index (χ3n) is 6.25. The van der Waals surface area contributed by atoms with Gasteiger partial charge in [-0.3, -0.25) is 14.7 Å². The van der Waals surface area contributed by atoms with Gasteiger partial charge in [0, 0.05) is 37.1 Å². The van der Waals surface area contributed by atoms with E-state index in [-0.39, 0.29) is 11.8 Å². The van der Waals surface area contributed by atoms with Crippen LogP contribution in [-0.2, 0) is 17.8 Å². The normalized spacial score (nSPS) is 18.8. The molecule has 2 aromatic rings. The number of aromatic nitrogens is 1. The Morgan fingerprint density at radius 2 is 1.59 bits per heavy atom. The van der Waals surface area contributed by atoms with Crippen LogP contribution in [0.2, 0.25) is 0 Å². The summed E-state index contributed by atoms with van der Waals surface area (Å²) in [4.78, 5) is 21.7. The van der Waals surface area contributed by atoms with Gasteiger partial charge >= 0.3 is 0 Å². The van der Waals surface area contributed by atoms with Gasteiger partial charge < -0.3 is 10.2 Å². The Morgan fingerprint density at radius 3 is 2.28 bits per heavy atom. The van der Waals surface area contributed by atoms with Crippen LogP contribution in [-0.4, -0.2) is 53.4 Å². The summed E-state index contributed by atoms with van der Waals surface area (Å²) in [7, 11) is 0. The van der Waals surface area contributed by atoms with E-state index in [4.69, 9.17) is 0 Å². The zero-order valence-corrected chi connectivity index (χ0v) is 17.2. The van der Waals surface area contributed by atoms with E-state index < -0.39 is 0 Å². The van der Waals surface area contributed by atoms with E-state index in [2.05, 4.69) is 56.5 Å². The molecule has 29 heavy (non-hydrogen) atoms. The molecule has 154 valence electrons. The van der Waals surface area contributed by atoms with Crippen molar-refractivity contribution < 1.29 is 4.79 Å². The summed E-state index contributed by atoms with van der Waals surface area (Å²) in [5, 5.41) is 3.12. The first-order chi connectivity index (χ1) is 14.3. The van der Waals surface area contributed by atoms with Gasteiger partial charge in [0.25, 0.3) is 0 Å². The highest BCUT2D eigenvalue weighted by Crippen LogP contribution is 2.21. The van der Waals surface area contributed by atoms with E-state index in [1.54, 1.807) is 0 Å². The minimum atomic E-state index is 0.110. The summed E-state index contributed by atoms with van der Waals surface area (Å²) >= 11 is 0. The van der Waals surface area contributed by atoms with E-state index in [1.807, 2.05) is 12.4 Å². The second-order valence-corrected chi connectivity index (χ2v) is 8.39. The number of nitrogens with one attached hydrogen (secondary N) is 1. The molecule has 4 rings (SSSR count). The number of rotatable bonds is 7. The van der Waals surface area contributed by atoms with Gasteiger partial charge in [0.1, 0.15) is 0 Å². The number of likely N-dealkylation sites (tertiary alicyclic amines) is 2. The molecule has 2 saturated heterocycles. The van der Waals surface area contributed by atoms with Crippen LogP contribution < -0.4 is 5.32 Å². The molecule has 1 amide bonds. The summed E-state index contributed by atoms with van der Waals surface area (Å²) in [5.74, 6) is 0.275. The molecular formula is C24H32N4O. The molecule has 3 heterocycles. The number of carbonyl (C=O) groups is 1. The van der Waals surface area contributed by atoms with Crippen LogP contribution in [0, 0.1) is 5.92 Å². The highest BCUT2D eigenvalue weighted by Gasteiger charge is 2.25. The standard InChI is InChI=1S/C24H32N4O/c29-24(22-10-17-28(18-11-22)19-21-7-12-25-13-8-21)26-23-5-3-20(4-6-23)9-16-27-14-1-2-15-27/h3-8,12-13,22H,1-2,9-11,14-19H2,(H,26,29). The molecule has 2 aliphatic rings. The molecule has 0 bridgehead atoms. The van der Waals surface area contributed by atoms with E-state index >= 15 is 0 Å². The molecule has 2 aliphatic heterocycles. The van der Waals surface area contributed by atoms with E-state index in [0.29, 0.717) is 0 Å². The Hall–Kier alpha value is -2.24. The van der Waals surface area contributed by atoms with E-state index in [9.17, 15) is 4.79 Å². The van der Waals surface area contributed by atoms with E-state index in [0.717, 1.165) is 51.1 Å². The second-order valence-electron chi connectivity index (χ2n) is 8.39. The monoisotopic (exact) mass is 392 g/mol. The van der Waals surface area contributed by atoms with Crippen molar-refractivity contribution in [2.45, 2.75) is 38.6 Å². The first kappa shape index (κ1) is 20.0. The van der Waals surface area contributed by atoms with Gasteiger partial charge in [0.2, 0.25) is 5.91 Å². The Balaban J connectivity index is 1.20. The van der Waals surface area contributed by atoms with Gasteiger partial charge in [-0.15, -0.1) is 0 Å². The van der Waals surface area contributed by atoms with Crippen molar-refractivity contribution in [2.75, 3.05) is 38.0 Å². The van der Waals surface area contributed by atoms with Gasteiger partial charge in [-0.05, 0) is 93.7 Å². The maximum absolute atomic E-state index is 12.7. The lowest BCUT2D eigenvalue weighted by Crippen LogP contribution is -2.37. The highest BCUT2D eigenvalue weighted by atomic mass is 16.1. The summed E-state index contributed by atoms with van der Waals surface area (Å²) in [6, 6.07) is 12.5. The predicted octanol–water partition coefficient (Wildman–Crippen LogP) is 3.57. The number of carbonyl (C=O) groups excluding carboxylic acids is 1. The second kappa shape index (κ2) is 9.99. The Labute approximate surface area is 174 Å². The van der Waals surface area contributed by atoms with Crippen molar-refractivity contribution in [3.8, 4) is 0 Å². The number of nitrogens with zero attached hydrogens (tertiary/aromatic N) is 3. The molecule has 0 unspecified atom stereocenters. The number of benzene rings is 1. The van der Waals surface area contributed by atoms with Gasteiger partial charge in [-0.1, -0.05) is 12.1 Å². The SMILES string of the molecule is O=C(Nc1ccc(CCN2CCCC2)cc1)C1CCN(Cc2ccncc2)CC1. The van der Waals surface area contributed by atoms with Gasteiger partial charge in [0.15, 0.2) is 0 Å². The highest BCUT2D eigenvalue weighted by molar-refractivity contribution is 5.92. The van der Waals surface area contributed by atoms with Crippen LogP contribution in [0.4, 0.5) is 5.69 Å². The zero-order chi connectivity index (χ0) is 19.9. The minimum absolute atomic E-state index is 0.110. The fourth-order valence-corrected chi connectivity index (χ4v) is 4.39. The molecular weight excluding hydrogens is 360 g/mol. The molecule has 0 aliphatic carbocycles. The van der Waals surface area contributed by atoms with Crippen molar-refractivity contribution in [3.63, 3.8) is 0 Å². The molecule has 1 aromatic heterocycles. The lowest BCUT2D eigenvalue weighted by Gasteiger charge is -2.31. The van der Waals surface area contributed by atoms with Crippen LogP contribution in [0.3, 0.4) is 0 Å². The maximum atomic E-state index is 12.7. The molecule has 5 heteroatoms. The quantitative estimate of drug-likeness (QED) is 0.783. The number of hydrogen-bond donors (Lipinski definition) is 1. The van der Waals surface area contributed by atoms with Gasteiger partial charge in [0.05, 0.1) is 0 Å². The van der Waals surface area contributed by atoms with E-state index in [1.165, 1.54) is 37.1 Å². The first-order valence-corrected chi connectivity index (χ1v) is 11.0. The minimum Gasteiger partial charge on any atom is -0.326 e.